The Morgan fingerprint density at radius 3 is 2.73 bits per heavy atom. The van der Waals surface area contributed by atoms with Gasteiger partial charge in [0, 0.05) is 23.7 Å². The molecule has 0 aliphatic heterocycles. The minimum Gasteiger partial charge on any atom is -0.262 e. The van der Waals surface area contributed by atoms with Crippen molar-refractivity contribution in [2.75, 3.05) is 0 Å². The van der Waals surface area contributed by atoms with Gasteiger partial charge in [-0.05, 0) is 43.1 Å². The number of hydrogen-bond acceptors (Lipinski definition) is 3. The van der Waals surface area contributed by atoms with Crippen LogP contribution in [0.3, 0.4) is 0 Å². The molecule has 0 unspecified atom stereocenters. The lowest BCUT2D eigenvalue weighted by Crippen LogP contribution is -1.92. The van der Waals surface area contributed by atoms with Crippen molar-refractivity contribution in [3.63, 3.8) is 0 Å². The molecule has 4 heteroatoms. The highest BCUT2D eigenvalue weighted by molar-refractivity contribution is 6.28. The molecule has 0 aliphatic rings. The monoisotopic (exact) mass is 219 g/mol. The summed E-state index contributed by atoms with van der Waals surface area (Å²) < 4.78 is 0. The van der Waals surface area contributed by atoms with Gasteiger partial charge in [-0.2, -0.15) is 0 Å². The highest BCUT2D eigenvalue weighted by Crippen LogP contribution is 2.21. The van der Waals surface area contributed by atoms with Gasteiger partial charge in [-0.25, -0.2) is 9.97 Å². The summed E-state index contributed by atoms with van der Waals surface area (Å²) in [5.74, 6) is 0. The summed E-state index contributed by atoms with van der Waals surface area (Å²) in [5, 5.41) is 0.269. The Hall–Kier alpha value is -1.48. The standard InChI is InChI=1S/C11H10ClN3/c1-7-6-14-11(12)15-10(7)9-3-4-13-8(2)5-9/h3-6H,1-2H3. The van der Waals surface area contributed by atoms with Gasteiger partial charge in [-0.3, -0.25) is 4.98 Å². The number of hydrogen-bond donors (Lipinski definition) is 0. The Bertz CT molecular complexity index is 497. The van der Waals surface area contributed by atoms with Crippen LogP contribution in [0, 0.1) is 13.8 Å². The predicted octanol–water partition coefficient (Wildman–Crippen LogP) is 2.81. The van der Waals surface area contributed by atoms with Crippen LogP contribution in [0.25, 0.3) is 11.3 Å². The van der Waals surface area contributed by atoms with Crippen molar-refractivity contribution in [1.82, 2.24) is 15.0 Å². The fourth-order valence-corrected chi connectivity index (χ4v) is 1.54. The number of pyridine rings is 1. The maximum Gasteiger partial charge on any atom is 0.222 e. The lowest BCUT2D eigenvalue weighted by molar-refractivity contribution is 1.12. The summed E-state index contributed by atoms with van der Waals surface area (Å²) in [7, 11) is 0. The minimum absolute atomic E-state index is 0.269. The van der Waals surface area contributed by atoms with Gasteiger partial charge in [0.2, 0.25) is 5.28 Å². The van der Waals surface area contributed by atoms with Crippen LogP contribution in [0.4, 0.5) is 0 Å². The van der Waals surface area contributed by atoms with E-state index in [9.17, 15) is 0 Å². The Morgan fingerprint density at radius 2 is 2.00 bits per heavy atom. The summed E-state index contributed by atoms with van der Waals surface area (Å²) in [4.78, 5) is 12.3. The average Bonchev–Trinajstić information content (AvgIpc) is 2.22. The molecule has 0 saturated heterocycles. The van der Waals surface area contributed by atoms with Gasteiger partial charge in [0.25, 0.3) is 0 Å². The van der Waals surface area contributed by atoms with Crippen molar-refractivity contribution < 1.29 is 0 Å². The first-order valence-corrected chi connectivity index (χ1v) is 4.97. The molecule has 0 amide bonds. The van der Waals surface area contributed by atoms with Crippen molar-refractivity contribution in [3.05, 3.63) is 41.1 Å². The fraction of sp³-hybridized carbons (Fsp3) is 0.182. The highest BCUT2D eigenvalue weighted by atomic mass is 35.5. The number of aromatic nitrogens is 3. The lowest BCUT2D eigenvalue weighted by Gasteiger charge is -2.04. The van der Waals surface area contributed by atoms with E-state index in [1.54, 1.807) is 12.4 Å². The molecule has 0 fully saturated rings. The molecular weight excluding hydrogens is 210 g/mol. The molecule has 0 atom stereocenters. The summed E-state index contributed by atoms with van der Waals surface area (Å²) in [5.41, 5.74) is 3.84. The molecule has 0 spiro atoms. The van der Waals surface area contributed by atoms with Crippen LogP contribution in [0.1, 0.15) is 11.3 Å². The third-order valence-corrected chi connectivity index (χ3v) is 2.29. The van der Waals surface area contributed by atoms with Crippen LogP contribution < -0.4 is 0 Å². The first-order chi connectivity index (χ1) is 7.16. The number of nitrogens with zero attached hydrogens (tertiary/aromatic N) is 3. The van der Waals surface area contributed by atoms with E-state index in [0.29, 0.717) is 0 Å². The van der Waals surface area contributed by atoms with Crippen LogP contribution >= 0.6 is 11.6 Å². The van der Waals surface area contributed by atoms with Crippen LogP contribution in [0.15, 0.2) is 24.5 Å². The SMILES string of the molecule is Cc1cc(-c2nc(Cl)ncc2C)ccn1. The van der Waals surface area contributed by atoms with Crippen molar-refractivity contribution >= 4 is 11.6 Å². The molecule has 0 aromatic carbocycles. The molecule has 2 heterocycles. The minimum atomic E-state index is 0.269. The molecule has 76 valence electrons. The van der Waals surface area contributed by atoms with E-state index < -0.39 is 0 Å². The van der Waals surface area contributed by atoms with E-state index in [-0.39, 0.29) is 5.28 Å². The summed E-state index contributed by atoms with van der Waals surface area (Å²) in [6.45, 7) is 3.91. The van der Waals surface area contributed by atoms with E-state index in [1.165, 1.54) is 0 Å². The van der Waals surface area contributed by atoms with Crippen LogP contribution in [0.2, 0.25) is 5.28 Å². The first kappa shape index (κ1) is 10.1. The van der Waals surface area contributed by atoms with Gasteiger partial charge < -0.3 is 0 Å². The van der Waals surface area contributed by atoms with Gasteiger partial charge in [0.15, 0.2) is 0 Å². The second-order valence-electron chi connectivity index (χ2n) is 3.36. The largest absolute Gasteiger partial charge is 0.262 e. The molecule has 2 aromatic rings. The fourth-order valence-electron chi connectivity index (χ4n) is 1.41. The molecule has 2 rings (SSSR count). The summed E-state index contributed by atoms with van der Waals surface area (Å²) >= 11 is 5.77. The molecule has 2 aromatic heterocycles. The highest BCUT2D eigenvalue weighted by Gasteiger charge is 2.05. The second kappa shape index (κ2) is 3.95. The zero-order chi connectivity index (χ0) is 10.8. The number of aryl methyl sites for hydroxylation is 2. The van der Waals surface area contributed by atoms with E-state index in [0.717, 1.165) is 22.5 Å². The van der Waals surface area contributed by atoms with Crippen LogP contribution in [0.5, 0.6) is 0 Å². The number of halogens is 1. The van der Waals surface area contributed by atoms with E-state index in [2.05, 4.69) is 15.0 Å². The summed E-state index contributed by atoms with van der Waals surface area (Å²) in [6, 6.07) is 3.89. The lowest BCUT2D eigenvalue weighted by atomic mass is 10.1. The van der Waals surface area contributed by atoms with E-state index in [1.807, 2.05) is 26.0 Å². The molecule has 0 radical (unpaired) electrons. The molecule has 0 bridgehead atoms. The van der Waals surface area contributed by atoms with Gasteiger partial charge in [-0.15, -0.1) is 0 Å². The molecule has 0 saturated carbocycles. The second-order valence-corrected chi connectivity index (χ2v) is 3.69. The normalized spacial score (nSPS) is 10.3. The van der Waals surface area contributed by atoms with E-state index >= 15 is 0 Å². The Morgan fingerprint density at radius 1 is 1.20 bits per heavy atom. The molecule has 0 N–H and O–H groups in total. The third kappa shape index (κ3) is 2.13. The maximum atomic E-state index is 5.77. The van der Waals surface area contributed by atoms with Crippen molar-refractivity contribution in [2.24, 2.45) is 0 Å². The number of rotatable bonds is 1. The first-order valence-electron chi connectivity index (χ1n) is 4.59. The zero-order valence-corrected chi connectivity index (χ0v) is 9.28. The molecule has 15 heavy (non-hydrogen) atoms. The van der Waals surface area contributed by atoms with Crippen LogP contribution in [-0.2, 0) is 0 Å². The average molecular weight is 220 g/mol. The topological polar surface area (TPSA) is 38.7 Å². The maximum absolute atomic E-state index is 5.77. The molecule has 0 aliphatic carbocycles. The Kier molecular flexibility index (Phi) is 2.64. The zero-order valence-electron chi connectivity index (χ0n) is 8.53. The predicted molar refractivity (Wildman–Crippen MR) is 59.7 cm³/mol. The van der Waals surface area contributed by atoms with Gasteiger partial charge in [0.1, 0.15) is 0 Å². The smallest absolute Gasteiger partial charge is 0.222 e. The van der Waals surface area contributed by atoms with Crippen LogP contribution in [-0.4, -0.2) is 15.0 Å². The van der Waals surface area contributed by atoms with Crippen molar-refractivity contribution in [1.29, 1.82) is 0 Å². The Labute approximate surface area is 93.2 Å². The summed E-state index contributed by atoms with van der Waals surface area (Å²) in [6.07, 6.45) is 3.49. The molecule has 3 nitrogen and oxygen atoms in total. The van der Waals surface area contributed by atoms with Crippen molar-refractivity contribution in [2.45, 2.75) is 13.8 Å². The quantitative estimate of drug-likeness (QED) is 0.693. The van der Waals surface area contributed by atoms with Gasteiger partial charge in [-0.1, -0.05) is 0 Å². The van der Waals surface area contributed by atoms with Gasteiger partial charge >= 0.3 is 0 Å². The van der Waals surface area contributed by atoms with E-state index in [4.69, 9.17) is 11.6 Å². The Balaban J connectivity index is 2.58. The molecular formula is C11H10ClN3. The van der Waals surface area contributed by atoms with Gasteiger partial charge in [0.05, 0.1) is 5.69 Å². The van der Waals surface area contributed by atoms with Crippen molar-refractivity contribution in [3.8, 4) is 11.3 Å². The third-order valence-electron chi connectivity index (χ3n) is 2.11.